The Bertz CT molecular complexity index is 383. The Balaban J connectivity index is 1.85. The van der Waals surface area contributed by atoms with Crippen LogP contribution in [-0.2, 0) is 19.4 Å². The summed E-state index contributed by atoms with van der Waals surface area (Å²) < 4.78 is 0. The van der Waals surface area contributed by atoms with Gasteiger partial charge in [0.1, 0.15) is 0 Å². The normalized spacial score (nSPS) is 18.1. The minimum atomic E-state index is 0.640. The van der Waals surface area contributed by atoms with Gasteiger partial charge in [-0.1, -0.05) is 13.3 Å². The van der Waals surface area contributed by atoms with Crippen LogP contribution in [-0.4, -0.2) is 54.6 Å². The molecule has 1 saturated heterocycles. The zero-order valence-corrected chi connectivity index (χ0v) is 13.0. The first kappa shape index (κ1) is 14.9. The summed E-state index contributed by atoms with van der Waals surface area (Å²) in [5.41, 5.74) is 7.04. The number of likely N-dealkylation sites (N-methyl/N-ethyl adjacent to an activating group) is 1. The summed E-state index contributed by atoms with van der Waals surface area (Å²) in [7, 11) is 2.20. The summed E-state index contributed by atoms with van der Waals surface area (Å²) >= 11 is 1.82. The highest BCUT2D eigenvalue weighted by molar-refractivity contribution is 7.11. The third kappa shape index (κ3) is 4.24. The van der Waals surface area contributed by atoms with Crippen LogP contribution in [0.3, 0.4) is 0 Å². The van der Waals surface area contributed by atoms with Gasteiger partial charge in [-0.15, -0.1) is 11.3 Å². The second-order valence-electron chi connectivity index (χ2n) is 5.33. The zero-order valence-electron chi connectivity index (χ0n) is 12.2. The maximum absolute atomic E-state index is 5.80. The van der Waals surface area contributed by atoms with Gasteiger partial charge in [-0.2, -0.15) is 0 Å². The lowest BCUT2D eigenvalue weighted by atomic mass is 10.2. The van der Waals surface area contributed by atoms with Crippen molar-refractivity contribution in [2.24, 2.45) is 5.73 Å². The molecular weight excluding hydrogens is 256 g/mol. The van der Waals surface area contributed by atoms with Crippen molar-refractivity contribution in [3.63, 3.8) is 0 Å². The SMILES string of the molecule is CCCc1nc(CCN2CCN(C)CC2)sc1CN. The van der Waals surface area contributed by atoms with Crippen LogP contribution in [0.4, 0.5) is 0 Å². The van der Waals surface area contributed by atoms with Crippen LogP contribution >= 0.6 is 11.3 Å². The van der Waals surface area contributed by atoms with E-state index in [-0.39, 0.29) is 0 Å². The van der Waals surface area contributed by atoms with E-state index >= 15 is 0 Å². The van der Waals surface area contributed by atoms with Crippen LogP contribution in [0.5, 0.6) is 0 Å². The molecule has 4 nitrogen and oxygen atoms in total. The molecule has 1 aromatic heterocycles. The summed E-state index contributed by atoms with van der Waals surface area (Å²) in [5.74, 6) is 0. The third-order valence-electron chi connectivity index (χ3n) is 3.73. The summed E-state index contributed by atoms with van der Waals surface area (Å²) in [6, 6.07) is 0. The Kier molecular flexibility index (Phi) is 5.76. The molecule has 1 aromatic rings. The van der Waals surface area contributed by atoms with Gasteiger partial charge in [0.2, 0.25) is 0 Å². The van der Waals surface area contributed by atoms with E-state index in [1.54, 1.807) is 0 Å². The molecule has 0 atom stereocenters. The van der Waals surface area contributed by atoms with Crippen molar-refractivity contribution in [3.8, 4) is 0 Å². The molecule has 19 heavy (non-hydrogen) atoms. The molecule has 1 aliphatic rings. The van der Waals surface area contributed by atoms with Gasteiger partial charge in [0.05, 0.1) is 10.7 Å². The first-order chi connectivity index (χ1) is 9.22. The largest absolute Gasteiger partial charge is 0.326 e. The molecule has 0 spiro atoms. The first-order valence-corrected chi connectivity index (χ1v) is 8.13. The maximum atomic E-state index is 5.80. The van der Waals surface area contributed by atoms with E-state index in [2.05, 4.69) is 23.8 Å². The minimum Gasteiger partial charge on any atom is -0.326 e. The lowest BCUT2D eigenvalue weighted by Crippen LogP contribution is -2.45. The van der Waals surface area contributed by atoms with E-state index in [0.717, 1.165) is 25.8 Å². The number of hydrogen-bond acceptors (Lipinski definition) is 5. The number of rotatable bonds is 6. The Hall–Kier alpha value is -0.490. The molecule has 2 N–H and O–H groups in total. The smallest absolute Gasteiger partial charge is 0.0944 e. The number of piperazine rings is 1. The van der Waals surface area contributed by atoms with Crippen LogP contribution in [0, 0.1) is 0 Å². The van der Waals surface area contributed by atoms with Gasteiger partial charge in [0.15, 0.2) is 0 Å². The van der Waals surface area contributed by atoms with Gasteiger partial charge >= 0.3 is 0 Å². The van der Waals surface area contributed by atoms with E-state index in [9.17, 15) is 0 Å². The van der Waals surface area contributed by atoms with Gasteiger partial charge in [0, 0.05) is 50.6 Å². The molecule has 2 rings (SSSR count). The molecular formula is C14H26N4S. The molecule has 1 aliphatic heterocycles. The van der Waals surface area contributed by atoms with Crippen molar-refractivity contribution in [3.05, 3.63) is 15.6 Å². The number of aromatic nitrogens is 1. The molecule has 108 valence electrons. The van der Waals surface area contributed by atoms with Gasteiger partial charge in [0.25, 0.3) is 0 Å². The zero-order chi connectivity index (χ0) is 13.7. The van der Waals surface area contributed by atoms with Crippen molar-refractivity contribution in [1.82, 2.24) is 14.8 Å². The van der Waals surface area contributed by atoms with Crippen molar-refractivity contribution < 1.29 is 0 Å². The molecule has 0 bridgehead atoms. The fraction of sp³-hybridized carbons (Fsp3) is 0.786. The third-order valence-corrected chi connectivity index (χ3v) is 4.91. The Labute approximate surface area is 120 Å². The summed E-state index contributed by atoms with van der Waals surface area (Å²) in [6.45, 7) is 8.73. The molecule has 0 amide bonds. The molecule has 2 heterocycles. The van der Waals surface area contributed by atoms with Gasteiger partial charge in [-0.3, -0.25) is 0 Å². The van der Waals surface area contributed by atoms with E-state index in [0.29, 0.717) is 6.54 Å². The van der Waals surface area contributed by atoms with E-state index in [1.807, 2.05) is 11.3 Å². The number of nitrogens with two attached hydrogens (primary N) is 1. The summed E-state index contributed by atoms with van der Waals surface area (Å²) in [6.07, 6.45) is 3.29. The lowest BCUT2D eigenvalue weighted by molar-refractivity contribution is 0.155. The summed E-state index contributed by atoms with van der Waals surface area (Å²) in [5, 5.41) is 1.27. The standard InChI is InChI=1S/C14H26N4S/c1-3-4-12-13(11-15)19-14(16-12)5-6-18-9-7-17(2)8-10-18/h3-11,15H2,1-2H3. The molecule has 0 radical (unpaired) electrons. The van der Waals surface area contributed by atoms with Gasteiger partial charge in [-0.25, -0.2) is 4.98 Å². The van der Waals surface area contributed by atoms with Crippen LogP contribution < -0.4 is 5.73 Å². The second kappa shape index (κ2) is 7.33. The number of aryl methyl sites for hydroxylation is 1. The molecule has 0 unspecified atom stereocenters. The molecule has 1 fully saturated rings. The van der Waals surface area contributed by atoms with Crippen LogP contribution in [0.1, 0.15) is 28.9 Å². The van der Waals surface area contributed by atoms with E-state index in [4.69, 9.17) is 10.7 Å². The quantitative estimate of drug-likeness (QED) is 0.855. The molecule has 0 aromatic carbocycles. The highest BCUT2D eigenvalue weighted by Crippen LogP contribution is 2.20. The van der Waals surface area contributed by atoms with Crippen LogP contribution in [0.25, 0.3) is 0 Å². The van der Waals surface area contributed by atoms with Crippen molar-refractivity contribution in [1.29, 1.82) is 0 Å². The predicted octanol–water partition coefficient (Wildman–Crippen LogP) is 1.34. The fourth-order valence-electron chi connectivity index (χ4n) is 2.46. The predicted molar refractivity (Wildman–Crippen MR) is 81.6 cm³/mol. The number of nitrogens with zero attached hydrogens (tertiary/aromatic N) is 3. The minimum absolute atomic E-state index is 0.640. The van der Waals surface area contributed by atoms with E-state index in [1.165, 1.54) is 41.8 Å². The van der Waals surface area contributed by atoms with Crippen molar-refractivity contribution >= 4 is 11.3 Å². The number of thiazole rings is 1. The van der Waals surface area contributed by atoms with Gasteiger partial charge < -0.3 is 15.5 Å². The topological polar surface area (TPSA) is 45.4 Å². The average molecular weight is 282 g/mol. The highest BCUT2D eigenvalue weighted by Gasteiger charge is 2.15. The van der Waals surface area contributed by atoms with Crippen molar-refractivity contribution in [2.45, 2.75) is 32.7 Å². The molecule has 0 saturated carbocycles. The van der Waals surface area contributed by atoms with Gasteiger partial charge in [-0.05, 0) is 13.5 Å². The van der Waals surface area contributed by atoms with Crippen molar-refractivity contribution in [2.75, 3.05) is 39.8 Å². The Morgan fingerprint density at radius 1 is 1.21 bits per heavy atom. The number of hydrogen-bond donors (Lipinski definition) is 1. The summed E-state index contributed by atoms with van der Waals surface area (Å²) in [4.78, 5) is 11.0. The van der Waals surface area contributed by atoms with Crippen LogP contribution in [0.15, 0.2) is 0 Å². The monoisotopic (exact) mass is 282 g/mol. The second-order valence-corrected chi connectivity index (χ2v) is 6.49. The Morgan fingerprint density at radius 2 is 1.95 bits per heavy atom. The fourth-order valence-corrected chi connectivity index (χ4v) is 3.44. The average Bonchev–Trinajstić information content (AvgIpc) is 2.81. The van der Waals surface area contributed by atoms with E-state index < -0.39 is 0 Å². The highest BCUT2D eigenvalue weighted by atomic mass is 32.1. The maximum Gasteiger partial charge on any atom is 0.0944 e. The lowest BCUT2D eigenvalue weighted by Gasteiger charge is -2.32. The first-order valence-electron chi connectivity index (χ1n) is 7.31. The molecule has 5 heteroatoms. The van der Waals surface area contributed by atoms with Crippen LogP contribution in [0.2, 0.25) is 0 Å². The Morgan fingerprint density at radius 3 is 2.58 bits per heavy atom. The molecule has 0 aliphatic carbocycles.